The zero-order chi connectivity index (χ0) is 18.2. The fourth-order valence-electron chi connectivity index (χ4n) is 3.11. The molecule has 0 radical (unpaired) electrons. The van der Waals surface area contributed by atoms with Gasteiger partial charge < -0.3 is 10.0 Å². The first kappa shape index (κ1) is 18.1. The van der Waals surface area contributed by atoms with E-state index >= 15 is 0 Å². The molecule has 1 aliphatic rings. The smallest absolute Gasteiger partial charge is 0.264 e. The Morgan fingerprint density at radius 2 is 1.92 bits per heavy atom. The van der Waals surface area contributed by atoms with Gasteiger partial charge in [0.1, 0.15) is 0 Å². The Kier molecular flexibility index (Phi) is 5.00. The first-order valence-electron chi connectivity index (χ1n) is 8.00. The Labute approximate surface area is 159 Å². The lowest BCUT2D eigenvalue weighted by molar-refractivity contribution is -0.135. The summed E-state index contributed by atoms with van der Waals surface area (Å²) >= 11 is 9.22. The van der Waals surface area contributed by atoms with E-state index in [-0.39, 0.29) is 12.2 Å². The van der Waals surface area contributed by atoms with Crippen molar-refractivity contribution in [3.63, 3.8) is 0 Å². The Bertz CT molecular complexity index is 837. The molecule has 0 bridgehead atoms. The van der Waals surface area contributed by atoms with E-state index in [0.29, 0.717) is 28.4 Å². The van der Waals surface area contributed by atoms with Crippen molar-refractivity contribution in [2.24, 2.45) is 0 Å². The first-order chi connectivity index (χ1) is 11.9. The summed E-state index contributed by atoms with van der Waals surface area (Å²) in [7, 11) is 0. The highest BCUT2D eigenvalue weighted by Gasteiger charge is 2.50. The topological polar surface area (TPSA) is 57.6 Å². The third kappa shape index (κ3) is 3.24. The molecule has 130 valence electrons. The van der Waals surface area contributed by atoms with Gasteiger partial charge in [-0.05, 0) is 48.9 Å². The van der Waals surface area contributed by atoms with Crippen molar-refractivity contribution in [1.29, 1.82) is 0 Å². The maximum absolute atomic E-state index is 12.9. The van der Waals surface area contributed by atoms with Gasteiger partial charge in [0, 0.05) is 27.2 Å². The summed E-state index contributed by atoms with van der Waals surface area (Å²) in [5, 5.41) is 11.7. The average Bonchev–Trinajstić information content (AvgIpc) is 2.77. The van der Waals surface area contributed by atoms with Crippen LogP contribution in [0.5, 0.6) is 0 Å². The van der Waals surface area contributed by atoms with Gasteiger partial charge in [0.25, 0.3) is 5.91 Å². The molecule has 2 aromatic carbocycles. The van der Waals surface area contributed by atoms with E-state index in [1.807, 2.05) is 13.0 Å². The average molecular weight is 423 g/mol. The summed E-state index contributed by atoms with van der Waals surface area (Å²) in [5.74, 6) is -0.762. The zero-order valence-electron chi connectivity index (χ0n) is 13.6. The van der Waals surface area contributed by atoms with Crippen molar-refractivity contribution in [1.82, 2.24) is 0 Å². The number of ketones is 1. The lowest BCUT2D eigenvalue weighted by atomic mass is 9.88. The molecule has 3 rings (SSSR count). The van der Waals surface area contributed by atoms with Crippen molar-refractivity contribution in [3.05, 3.63) is 63.1 Å². The second-order valence-electron chi connectivity index (χ2n) is 6.09. The maximum atomic E-state index is 12.9. The number of aliphatic hydroxyl groups is 1. The van der Waals surface area contributed by atoms with Crippen molar-refractivity contribution in [2.75, 3.05) is 11.4 Å². The number of carbonyl (C=O) groups excluding carboxylic acids is 2. The largest absolute Gasteiger partial charge is 0.375 e. The molecule has 0 fully saturated rings. The van der Waals surface area contributed by atoms with Gasteiger partial charge in [-0.15, -0.1) is 0 Å². The molecule has 0 saturated heterocycles. The number of halogens is 2. The van der Waals surface area contributed by atoms with Crippen LogP contribution in [0, 0.1) is 0 Å². The van der Waals surface area contributed by atoms with Crippen LogP contribution in [0.25, 0.3) is 0 Å². The summed E-state index contributed by atoms with van der Waals surface area (Å²) in [4.78, 5) is 27.1. The molecule has 1 N–H and O–H groups in total. The predicted molar refractivity (Wildman–Crippen MR) is 101 cm³/mol. The molecule has 6 heteroatoms. The van der Waals surface area contributed by atoms with Crippen LogP contribution >= 0.6 is 27.5 Å². The number of carbonyl (C=O) groups is 2. The first-order valence-corrected chi connectivity index (χ1v) is 9.17. The van der Waals surface area contributed by atoms with Gasteiger partial charge in [0.2, 0.25) is 0 Å². The minimum atomic E-state index is -1.86. The molecule has 1 amide bonds. The van der Waals surface area contributed by atoms with Crippen LogP contribution in [-0.4, -0.2) is 23.3 Å². The number of hydrogen-bond donors (Lipinski definition) is 1. The zero-order valence-corrected chi connectivity index (χ0v) is 16.0. The highest BCUT2D eigenvalue weighted by molar-refractivity contribution is 9.10. The van der Waals surface area contributed by atoms with Crippen molar-refractivity contribution < 1.29 is 14.7 Å². The van der Waals surface area contributed by atoms with Crippen molar-refractivity contribution >= 4 is 44.9 Å². The van der Waals surface area contributed by atoms with E-state index in [4.69, 9.17) is 11.6 Å². The second-order valence-corrected chi connectivity index (χ2v) is 7.44. The molecule has 0 saturated carbocycles. The number of nitrogens with zero attached hydrogens (tertiary/aromatic N) is 1. The highest BCUT2D eigenvalue weighted by atomic mass is 79.9. The van der Waals surface area contributed by atoms with Crippen LogP contribution in [0.1, 0.15) is 35.7 Å². The van der Waals surface area contributed by atoms with Crippen LogP contribution in [0.3, 0.4) is 0 Å². The van der Waals surface area contributed by atoms with E-state index in [1.165, 1.54) is 0 Å². The number of fused-ring (bicyclic) bond motifs is 1. The maximum Gasteiger partial charge on any atom is 0.264 e. The van der Waals surface area contributed by atoms with Crippen LogP contribution in [0.2, 0.25) is 5.02 Å². The minimum absolute atomic E-state index is 0.308. The molecule has 1 unspecified atom stereocenters. The molecule has 1 aliphatic heterocycles. The van der Waals surface area contributed by atoms with Crippen molar-refractivity contribution in [2.45, 2.75) is 25.4 Å². The summed E-state index contributed by atoms with van der Waals surface area (Å²) in [6.45, 7) is 2.45. The number of hydrogen-bond acceptors (Lipinski definition) is 3. The number of rotatable bonds is 5. The predicted octanol–water partition coefficient (Wildman–Crippen LogP) is 4.32. The van der Waals surface area contributed by atoms with E-state index < -0.39 is 11.5 Å². The number of Topliss-reactive ketones (excluding diaryl/α,β-unsaturated/α-hetero) is 1. The molecule has 1 heterocycles. The molecule has 0 aliphatic carbocycles. The molecule has 2 aromatic rings. The van der Waals surface area contributed by atoms with E-state index in [9.17, 15) is 14.7 Å². The Morgan fingerprint density at radius 1 is 1.24 bits per heavy atom. The number of amides is 1. The summed E-state index contributed by atoms with van der Waals surface area (Å²) in [6.07, 6.45) is 0.444. The van der Waals surface area contributed by atoms with E-state index in [2.05, 4.69) is 15.9 Å². The third-order valence-electron chi connectivity index (χ3n) is 4.32. The van der Waals surface area contributed by atoms with E-state index in [0.717, 1.165) is 10.9 Å². The van der Waals surface area contributed by atoms with Crippen LogP contribution in [-0.2, 0) is 10.4 Å². The molecule has 0 spiro atoms. The second kappa shape index (κ2) is 6.90. The van der Waals surface area contributed by atoms with Gasteiger partial charge in [0.15, 0.2) is 11.4 Å². The highest BCUT2D eigenvalue weighted by Crippen LogP contribution is 2.44. The lowest BCUT2D eigenvalue weighted by Gasteiger charge is -2.22. The number of anilines is 1. The summed E-state index contributed by atoms with van der Waals surface area (Å²) in [6, 6.07) is 11.7. The lowest BCUT2D eigenvalue weighted by Crippen LogP contribution is -2.42. The number of benzene rings is 2. The minimum Gasteiger partial charge on any atom is -0.375 e. The van der Waals surface area contributed by atoms with Gasteiger partial charge in [-0.3, -0.25) is 9.59 Å². The van der Waals surface area contributed by atoms with Gasteiger partial charge in [0.05, 0.1) is 12.1 Å². The van der Waals surface area contributed by atoms with Gasteiger partial charge in [-0.1, -0.05) is 34.5 Å². The SMILES string of the molecule is CCCN1C(=O)C(O)(CC(=O)c2ccc(Cl)cc2)c2cc(Br)ccc21. The summed E-state index contributed by atoms with van der Waals surface area (Å²) < 4.78 is 0.745. The van der Waals surface area contributed by atoms with E-state index in [1.54, 1.807) is 41.3 Å². The summed E-state index contributed by atoms with van der Waals surface area (Å²) in [5.41, 5.74) is -0.328. The van der Waals surface area contributed by atoms with Crippen LogP contribution < -0.4 is 4.90 Å². The van der Waals surface area contributed by atoms with Crippen LogP contribution in [0.4, 0.5) is 5.69 Å². The standard InChI is InChI=1S/C19H17BrClNO3/c1-2-9-22-16-8-5-13(20)10-15(16)19(25,18(22)24)11-17(23)12-3-6-14(21)7-4-12/h3-8,10,25H,2,9,11H2,1H3. The third-order valence-corrected chi connectivity index (χ3v) is 5.07. The molecular formula is C19H17BrClNO3. The quantitative estimate of drug-likeness (QED) is 0.730. The fraction of sp³-hybridized carbons (Fsp3) is 0.263. The van der Waals surface area contributed by atoms with Gasteiger partial charge in [-0.2, -0.15) is 0 Å². The molecule has 0 aromatic heterocycles. The molecule has 4 nitrogen and oxygen atoms in total. The fourth-order valence-corrected chi connectivity index (χ4v) is 3.60. The van der Waals surface area contributed by atoms with Crippen LogP contribution in [0.15, 0.2) is 46.9 Å². The monoisotopic (exact) mass is 421 g/mol. The van der Waals surface area contributed by atoms with Crippen molar-refractivity contribution in [3.8, 4) is 0 Å². The Hall–Kier alpha value is -1.69. The Balaban J connectivity index is 1.99. The molecule has 1 atom stereocenters. The Morgan fingerprint density at radius 3 is 2.56 bits per heavy atom. The van der Waals surface area contributed by atoms with Gasteiger partial charge in [-0.25, -0.2) is 0 Å². The normalized spacial score (nSPS) is 19.2. The molecular weight excluding hydrogens is 406 g/mol. The molecule has 25 heavy (non-hydrogen) atoms. The van der Waals surface area contributed by atoms with Gasteiger partial charge >= 0.3 is 0 Å².